The summed E-state index contributed by atoms with van der Waals surface area (Å²) < 4.78 is 40.1. The summed E-state index contributed by atoms with van der Waals surface area (Å²) in [5.74, 6) is 1.55. The van der Waals surface area contributed by atoms with Gasteiger partial charge in [-0.1, -0.05) is 24.4 Å². The maximum Gasteiger partial charge on any atom is 0.244 e. The molecule has 0 spiro atoms. The molecule has 1 aromatic carbocycles. The minimum Gasteiger partial charge on any atom is -0.316 e. The topological polar surface area (TPSA) is 49.4 Å². The van der Waals surface area contributed by atoms with Crippen molar-refractivity contribution in [1.82, 2.24) is 9.62 Å². The smallest absolute Gasteiger partial charge is 0.244 e. The molecule has 0 saturated carbocycles. The van der Waals surface area contributed by atoms with Crippen LogP contribution < -0.4 is 5.32 Å². The van der Waals surface area contributed by atoms with Gasteiger partial charge in [-0.2, -0.15) is 4.31 Å². The fourth-order valence-electron chi connectivity index (χ4n) is 1.87. The van der Waals surface area contributed by atoms with Crippen molar-refractivity contribution in [2.45, 2.75) is 24.8 Å². The van der Waals surface area contributed by atoms with E-state index in [9.17, 15) is 12.8 Å². The number of nitrogens with zero attached hydrogens (tertiary/aromatic N) is 1. The quantitative estimate of drug-likeness (QED) is 0.779. The standard InChI is InChI=1S/C14H18ClFN2O2S/c1-4-6-18(7-5-2)21(19,20)12-8-11(10-17-3)14(15)13(16)9-12/h1,8-9,17H,5-7,10H2,2-3H3. The Balaban J connectivity index is 3.33. The highest BCUT2D eigenvalue weighted by Crippen LogP contribution is 2.26. The predicted octanol–water partition coefficient (Wildman–Crippen LogP) is 2.23. The SMILES string of the molecule is C#CCN(CCC)S(=O)(=O)c1cc(F)c(Cl)c(CNC)c1. The molecular formula is C14H18ClFN2O2S. The van der Waals surface area contributed by atoms with Crippen molar-refractivity contribution in [2.24, 2.45) is 0 Å². The molecule has 0 unspecified atom stereocenters. The molecule has 0 aliphatic heterocycles. The summed E-state index contributed by atoms with van der Waals surface area (Å²) in [5, 5.41) is 2.74. The molecule has 116 valence electrons. The van der Waals surface area contributed by atoms with Crippen LogP contribution in [0.15, 0.2) is 17.0 Å². The minimum atomic E-state index is -3.84. The summed E-state index contributed by atoms with van der Waals surface area (Å²) >= 11 is 5.84. The lowest BCUT2D eigenvalue weighted by atomic mass is 10.2. The van der Waals surface area contributed by atoms with Crippen molar-refractivity contribution < 1.29 is 12.8 Å². The third-order valence-corrected chi connectivity index (χ3v) is 5.07. The fourth-order valence-corrected chi connectivity index (χ4v) is 3.56. The van der Waals surface area contributed by atoms with Gasteiger partial charge in [0.15, 0.2) is 0 Å². The second-order valence-electron chi connectivity index (χ2n) is 4.45. The fraction of sp³-hybridized carbons (Fsp3) is 0.429. The van der Waals surface area contributed by atoms with Gasteiger partial charge in [0.2, 0.25) is 10.0 Å². The Morgan fingerprint density at radius 3 is 2.67 bits per heavy atom. The van der Waals surface area contributed by atoms with Crippen LogP contribution in [-0.2, 0) is 16.6 Å². The molecular weight excluding hydrogens is 315 g/mol. The van der Waals surface area contributed by atoms with Gasteiger partial charge in [0.1, 0.15) is 5.82 Å². The lowest BCUT2D eigenvalue weighted by molar-refractivity contribution is 0.445. The first-order chi connectivity index (χ1) is 9.88. The van der Waals surface area contributed by atoms with Gasteiger partial charge in [0.05, 0.1) is 16.5 Å². The van der Waals surface area contributed by atoms with Gasteiger partial charge in [-0.3, -0.25) is 0 Å². The maximum atomic E-state index is 13.8. The predicted molar refractivity (Wildman–Crippen MR) is 82.1 cm³/mol. The number of rotatable bonds is 7. The average Bonchev–Trinajstić information content (AvgIpc) is 2.43. The van der Waals surface area contributed by atoms with Gasteiger partial charge >= 0.3 is 0 Å². The van der Waals surface area contributed by atoms with Crippen LogP contribution in [0.2, 0.25) is 5.02 Å². The van der Waals surface area contributed by atoms with Gasteiger partial charge in [-0.15, -0.1) is 6.42 Å². The van der Waals surface area contributed by atoms with Crippen molar-refractivity contribution in [2.75, 3.05) is 20.1 Å². The minimum absolute atomic E-state index is 0.0538. The molecule has 0 aliphatic carbocycles. The van der Waals surface area contributed by atoms with E-state index in [-0.39, 0.29) is 29.6 Å². The summed E-state index contributed by atoms with van der Waals surface area (Å²) in [4.78, 5) is -0.140. The zero-order valence-corrected chi connectivity index (χ0v) is 13.6. The summed E-state index contributed by atoms with van der Waals surface area (Å²) in [6.45, 7) is 2.33. The van der Waals surface area contributed by atoms with E-state index in [0.717, 1.165) is 10.4 Å². The number of benzene rings is 1. The van der Waals surface area contributed by atoms with Gasteiger partial charge in [-0.25, -0.2) is 12.8 Å². The second-order valence-corrected chi connectivity index (χ2v) is 6.77. The third-order valence-electron chi connectivity index (χ3n) is 2.82. The van der Waals surface area contributed by atoms with Crippen molar-refractivity contribution in [3.05, 3.63) is 28.5 Å². The number of sulfonamides is 1. The summed E-state index contributed by atoms with van der Waals surface area (Å²) in [6.07, 6.45) is 5.82. The molecule has 4 nitrogen and oxygen atoms in total. The summed E-state index contributed by atoms with van der Waals surface area (Å²) in [5.41, 5.74) is 0.384. The van der Waals surface area contributed by atoms with Gasteiger partial charge < -0.3 is 5.32 Å². The van der Waals surface area contributed by atoms with Crippen LogP contribution in [0.3, 0.4) is 0 Å². The lowest BCUT2D eigenvalue weighted by Crippen LogP contribution is -2.32. The lowest BCUT2D eigenvalue weighted by Gasteiger charge is -2.20. The van der Waals surface area contributed by atoms with E-state index < -0.39 is 15.8 Å². The molecule has 0 aromatic heterocycles. The molecule has 7 heteroatoms. The average molecular weight is 333 g/mol. The third kappa shape index (κ3) is 4.17. The van der Waals surface area contributed by atoms with Crippen LogP contribution >= 0.6 is 11.6 Å². The molecule has 1 rings (SSSR count). The van der Waals surface area contributed by atoms with Crippen LogP contribution in [0.1, 0.15) is 18.9 Å². The molecule has 0 amide bonds. The highest BCUT2D eigenvalue weighted by molar-refractivity contribution is 7.89. The zero-order chi connectivity index (χ0) is 16.0. The molecule has 0 atom stereocenters. The second kappa shape index (κ2) is 7.76. The van der Waals surface area contributed by atoms with Crippen LogP contribution in [0.4, 0.5) is 4.39 Å². The highest BCUT2D eigenvalue weighted by Gasteiger charge is 2.25. The number of hydrogen-bond acceptors (Lipinski definition) is 3. The Hall–Kier alpha value is -1.13. The maximum absolute atomic E-state index is 13.8. The van der Waals surface area contributed by atoms with Gasteiger partial charge in [0.25, 0.3) is 0 Å². The van der Waals surface area contributed by atoms with Gasteiger partial charge in [-0.05, 0) is 31.2 Å². The van der Waals surface area contributed by atoms with Crippen molar-refractivity contribution >= 4 is 21.6 Å². The summed E-state index contributed by atoms with van der Waals surface area (Å²) in [6, 6.07) is 2.30. The van der Waals surface area contributed by atoms with Crippen LogP contribution in [0, 0.1) is 18.2 Å². The zero-order valence-electron chi connectivity index (χ0n) is 12.0. The molecule has 0 fully saturated rings. The monoisotopic (exact) mass is 332 g/mol. The molecule has 0 bridgehead atoms. The van der Waals surface area contributed by atoms with E-state index in [1.54, 1.807) is 7.05 Å². The van der Waals surface area contributed by atoms with E-state index >= 15 is 0 Å². The van der Waals surface area contributed by atoms with E-state index in [1.165, 1.54) is 6.07 Å². The molecule has 0 saturated heterocycles. The molecule has 1 N–H and O–H groups in total. The van der Waals surface area contributed by atoms with Crippen LogP contribution in [-0.4, -0.2) is 32.9 Å². The van der Waals surface area contributed by atoms with Gasteiger partial charge in [0, 0.05) is 13.1 Å². The molecule has 0 heterocycles. The normalized spacial score (nSPS) is 11.6. The van der Waals surface area contributed by atoms with Crippen molar-refractivity contribution in [3.8, 4) is 12.3 Å². The van der Waals surface area contributed by atoms with Crippen molar-refractivity contribution in [1.29, 1.82) is 0 Å². The molecule has 1 aromatic rings. The first-order valence-corrected chi connectivity index (χ1v) is 8.26. The van der Waals surface area contributed by atoms with Crippen LogP contribution in [0.25, 0.3) is 0 Å². The number of nitrogens with one attached hydrogen (secondary N) is 1. The largest absolute Gasteiger partial charge is 0.316 e. The number of terminal acetylenes is 1. The Morgan fingerprint density at radius 1 is 1.48 bits per heavy atom. The van der Waals surface area contributed by atoms with E-state index in [1.807, 2.05) is 6.92 Å². The molecule has 0 radical (unpaired) electrons. The summed E-state index contributed by atoms with van der Waals surface area (Å²) in [7, 11) is -2.18. The highest BCUT2D eigenvalue weighted by atomic mass is 35.5. The Labute approximate surface area is 130 Å². The van der Waals surface area contributed by atoms with E-state index in [2.05, 4.69) is 11.2 Å². The number of hydrogen-bond donors (Lipinski definition) is 1. The first kappa shape index (κ1) is 17.9. The van der Waals surface area contributed by atoms with Crippen molar-refractivity contribution in [3.63, 3.8) is 0 Å². The van der Waals surface area contributed by atoms with E-state index in [0.29, 0.717) is 12.0 Å². The Kier molecular flexibility index (Phi) is 6.62. The Morgan fingerprint density at radius 2 is 2.14 bits per heavy atom. The Bertz CT molecular complexity index is 641. The van der Waals surface area contributed by atoms with Crippen LogP contribution in [0.5, 0.6) is 0 Å². The molecule has 0 aliphatic rings. The number of halogens is 2. The van der Waals surface area contributed by atoms with E-state index in [4.69, 9.17) is 18.0 Å². The molecule has 21 heavy (non-hydrogen) atoms. The first-order valence-electron chi connectivity index (χ1n) is 6.44.